The summed E-state index contributed by atoms with van der Waals surface area (Å²) in [5, 5.41) is 2.91. The minimum absolute atomic E-state index is 0.0108. The molecule has 2 amide bonds. The summed E-state index contributed by atoms with van der Waals surface area (Å²) >= 11 is 12.7. The van der Waals surface area contributed by atoms with Crippen molar-refractivity contribution in [1.82, 2.24) is 10.2 Å². The highest BCUT2D eigenvalue weighted by Crippen LogP contribution is 2.35. The van der Waals surface area contributed by atoms with Crippen molar-refractivity contribution in [3.8, 4) is 0 Å². The second-order valence-corrected chi connectivity index (χ2v) is 13.1. The third-order valence-corrected chi connectivity index (χ3v) is 8.60. The van der Waals surface area contributed by atoms with E-state index in [2.05, 4.69) is 5.32 Å². The van der Waals surface area contributed by atoms with Gasteiger partial charge in [0.25, 0.3) is 10.0 Å². The maximum Gasteiger partial charge on any atom is 0.264 e. The number of halogens is 3. The van der Waals surface area contributed by atoms with Crippen molar-refractivity contribution in [2.45, 2.75) is 57.6 Å². The zero-order valence-corrected chi connectivity index (χ0v) is 25.2. The van der Waals surface area contributed by atoms with Crippen LogP contribution in [0.1, 0.15) is 38.8 Å². The molecule has 0 saturated carbocycles. The average molecular weight is 609 g/mol. The Labute approximate surface area is 244 Å². The fourth-order valence-electron chi connectivity index (χ4n) is 3.88. The molecule has 1 unspecified atom stereocenters. The van der Waals surface area contributed by atoms with Crippen LogP contribution in [0.5, 0.6) is 0 Å². The molecule has 0 aliphatic carbocycles. The van der Waals surface area contributed by atoms with Crippen LogP contribution in [0.15, 0.2) is 71.6 Å². The number of benzene rings is 3. The van der Waals surface area contributed by atoms with Gasteiger partial charge in [0.15, 0.2) is 0 Å². The highest BCUT2D eigenvalue weighted by atomic mass is 35.5. The summed E-state index contributed by atoms with van der Waals surface area (Å²) in [6.07, 6.45) is 0. The smallest absolute Gasteiger partial charge is 0.264 e. The van der Waals surface area contributed by atoms with Gasteiger partial charge in [0.05, 0.1) is 20.6 Å². The number of carbonyl (C=O) groups is 2. The number of aryl methyl sites for hydroxylation is 1. The lowest BCUT2D eigenvalue weighted by Gasteiger charge is -2.33. The van der Waals surface area contributed by atoms with E-state index in [9.17, 15) is 22.4 Å². The van der Waals surface area contributed by atoms with Gasteiger partial charge in [0, 0.05) is 12.1 Å². The van der Waals surface area contributed by atoms with Crippen molar-refractivity contribution in [2.24, 2.45) is 0 Å². The monoisotopic (exact) mass is 607 g/mol. The van der Waals surface area contributed by atoms with Crippen LogP contribution in [0.4, 0.5) is 10.1 Å². The number of amides is 2. The maximum absolute atomic E-state index is 13.9. The van der Waals surface area contributed by atoms with Crippen LogP contribution in [-0.4, -0.2) is 43.3 Å². The minimum atomic E-state index is -4.30. The number of carbonyl (C=O) groups excluding carboxylic acids is 2. The second kappa shape index (κ2) is 12.6. The van der Waals surface area contributed by atoms with E-state index < -0.39 is 45.8 Å². The highest BCUT2D eigenvalue weighted by molar-refractivity contribution is 7.92. The molecule has 0 bridgehead atoms. The number of nitrogens with zero attached hydrogens (tertiary/aromatic N) is 2. The zero-order chi connectivity index (χ0) is 29.8. The Morgan fingerprint density at radius 2 is 1.57 bits per heavy atom. The first kappa shape index (κ1) is 31.4. The summed E-state index contributed by atoms with van der Waals surface area (Å²) in [6, 6.07) is 15.2. The lowest BCUT2D eigenvalue weighted by atomic mass is 10.1. The zero-order valence-electron chi connectivity index (χ0n) is 22.9. The average Bonchev–Trinajstić information content (AvgIpc) is 2.87. The molecule has 7 nitrogen and oxygen atoms in total. The van der Waals surface area contributed by atoms with Crippen LogP contribution >= 0.6 is 23.2 Å². The predicted octanol–water partition coefficient (Wildman–Crippen LogP) is 5.97. The van der Waals surface area contributed by atoms with Gasteiger partial charge < -0.3 is 10.2 Å². The van der Waals surface area contributed by atoms with Crippen LogP contribution in [0.2, 0.25) is 10.0 Å². The van der Waals surface area contributed by atoms with Crippen molar-refractivity contribution in [3.05, 3.63) is 93.7 Å². The molecule has 214 valence electrons. The largest absolute Gasteiger partial charge is 0.350 e. The molecule has 40 heavy (non-hydrogen) atoms. The Morgan fingerprint density at radius 1 is 0.975 bits per heavy atom. The molecule has 3 rings (SSSR count). The van der Waals surface area contributed by atoms with Gasteiger partial charge >= 0.3 is 0 Å². The molecule has 0 aliphatic rings. The van der Waals surface area contributed by atoms with E-state index in [0.29, 0.717) is 5.56 Å². The Bertz CT molecular complexity index is 1470. The summed E-state index contributed by atoms with van der Waals surface area (Å²) in [4.78, 5) is 28.3. The highest BCUT2D eigenvalue weighted by Gasteiger charge is 2.34. The first-order valence-corrected chi connectivity index (χ1v) is 14.7. The van der Waals surface area contributed by atoms with Crippen LogP contribution in [-0.2, 0) is 26.2 Å². The summed E-state index contributed by atoms with van der Waals surface area (Å²) in [5.41, 5.74) is 0.840. The van der Waals surface area contributed by atoms with Crippen molar-refractivity contribution >= 4 is 50.7 Å². The number of hydrogen-bond donors (Lipinski definition) is 1. The second-order valence-electron chi connectivity index (χ2n) is 10.5. The van der Waals surface area contributed by atoms with Gasteiger partial charge in [-0.05, 0) is 76.6 Å². The topological polar surface area (TPSA) is 86.8 Å². The van der Waals surface area contributed by atoms with E-state index in [4.69, 9.17) is 23.2 Å². The molecule has 0 fully saturated rings. The van der Waals surface area contributed by atoms with Crippen molar-refractivity contribution in [2.75, 3.05) is 10.8 Å². The number of sulfonamides is 1. The Kier molecular flexibility index (Phi) is 9.87. The Hall–Kier alpha value is -3.14. The fraction of sp³-hybridized carbons (Fsp3) is 0.310. The van der Waals surface area contributed by atoms with E-state index >= 15 is 0 Å². The number of hydrogen-bond acceptors (Lipinski definition) is 4. The number of rotatable bonds is 9. The van der Waals surface area contributed by atoms with Crippen molar-refractivity contribution in [1.29, 1.82) is 0 Å². The van der Waals surface area contributed by atoms with Gasteiger partial charge in [-0.1, -0.05) is 59.1 Å². The molecular formula is C29H32Cl2FN3O4S. The molecule has 0 radical (unpaired) electrons. The van der Waals surface area contributed by atoms with Crippen LogP contribution in [0.3, 0.4) is 0 Å². The van der Waals surface area contributed by atoms with Gasteiger partial charge in [0.1, 0.15) is 18.4 Å². The van der Waals surface area contributed by atoms with Gasteiger partial charge in [-0.25, -0.2) is 12.8 Å². The standard InChI is InChI=1S/C29H32Cl2FN3O4S/c1-19-9-15-23(16-10-19)40(38,39)35(25-8-6-7-24(30)27(25)31)18-26(36)34(17-21-11-13-22(32)14-12-21)20(2)28(37)33-29(3,4)5/h6-16,20H,17-18H2,1-5H3,(H,33,37). The maximum atomic E-state index is 13.9. The van der Waals surface area contributed by atoms with Gasteiger partial charge in [-0.15, -0.1) is 0 Å². The summed E-state index contributed by atoms with van der Waals surface area (Å²) in [6.45, 7) is 8.04. The Balaban J connectivity index is 2.08. The molecule has 0 aliphatic heterocycles. The number of nitrogens with one attached hydrogen (secondary N) is 1. The van der Waals surface area contributed by atoms with E-state index in [1.807, 2.05) is 6.92 Å². The van der Waals surface area contributed by atoms with E-state index in [0.717, 1.165) is 9.87 Å². The first-order valence-electron chi connectivity index (χ1n) is 12.5. The van der Waals surface area contributed by atoms with Crippen molar-refractivity contribution < 1.29 is 22.4 Å². The molecule has 3 aromatic carbocycles. The normalized spacial score (nSPS) is 12.5. The summed E-state index contributed by atoms with van der Waals surface area (Å²) < 4.78 is 42.2. The fourth-order valence-corrected chi connectivity index (χ4v) is 5.75. The van der Waals surface area contributed by atoms with Crippen molar-refractivity contribution in [3.63, 3.8) is 0 Å². The lowest BCUT2D eigenvalue weighted by molar-refractivity contribution is -0.140. The van der Waals surface area contributed by atoms with E-state index in [1.54, 1.807) is 39.8 Å². The minimum Gasteiger partial charge on any atom is -0.350 e. The third-order valence-electron chi connectivity index (χ3n) is 6.02. The lowest BCUT2D eigenvalue weighted by Crippen LogP contribution is -2.54. The molecule has 1 N–H and O–H groups in total. The summed E-state index contributed by atoms with van der Waals surface area (Å²) in [5.74, 6) is -1.56. The molecule has 0 saturated heterocycles. The quantitative estimate of drug-likeness (QED) is 0.325. The van der Waals surface area contributed by atoms with Gasteiger partial charge in [-0.2, -0.15) is 0 Å². The van der Waals surface area contributed by atoms with Crippen LogP contribution < -0.4 is 9.62 Å². The molecular weight excluding hydrogens is 576 g/mol. The van der Waals surface area contributed by atoms with E-state index in [1.165, 1.54) is 59.5 Å². The van der Waals surface area contributed by atoms with Crippen LogP contribution in [0.25, 0.3) is 0 Å². The number of anilines is 1. The molecule has 0 spiro atoms. The molecule has 3 aromatic rings. The molecule has 11 heteroatoms. The third kappa shape index (κ3) is 7.74. The summed E-state index contributed by atoms with van der Waals surface area (Å²) in [7, 11) is -4.30. The molecule has 0 heterocycles. The Morgan fingerprint density at radius 3 is 2.15 bits per heavy atom. The van der Waals surface area contributed by atoms with Crippen LogP contribution in [0, 0.1) is 12.7 Å². The van der Waals surface area contributed by atoms with Gasteiger partial charge in [-0.3, -0.25) is 13.9 Å². The predicted molar refractivity (Wildman–Crippen MR) is 156 cm³/mol. The van der Waals surface area contributed by atoms with Gasteiger partial charge in [0.2, 0.25) is 11.8 Å². The molecule has 0 aromatic heterocycles. The first-order chi connectivity index (χ1) is 18.6. The molecule has 1 atom stereocenters. The SMILES string of the molecule is Cc1ccc(S(=O)(=O)N(CC(=O)N(Cc2ccc(F)cc2)C(C)C(=O)NC(C)(C)C)c2cccc(Cl)c2Cl)cc1. The van der Waals surface area contributed by atoms with E-state index in [-0.39, 0.29) is 27.2 Å².